The Hall–Kier alpha value is -2.63. The van der Waals surface area contributed by atoms with Gasteiger partial charge in [0.05, 0.1) is 13.7 Å². The third-order valence-corrected chi connectivity index (χ3v) is 4.56. The number of carbonyl (C=O) groups excluding carboxylic acids is 1. The van der Waals surface area contributed by atoms with Crippen LogP contribution < -0.4 is 9.47 Å². The van der Waals surface area contributed by atoms with Gasteiger partial charge in [0.15, 0.2) is 0 Å². The number of aromatic nitrogens is 2. The fraction of sp³-hybridized carbons (Fsp3) is 0.450. The molecule has 1 aromatic carbocycles. The molecule has 2 aromatic rings. The van der Waals surface area contributed by atoms with Crippen LogP contribution in [0.15, 0.2) is 36.5 Å². The van der Waals surface area contributed by atoms with Gasteiger partial charge in [0.1, 0.15) is 17.7 Å². The molecule has 138 valence electrons. The van der Waals surface area contributed by atoms with Gasteiger partial charge in [-0.3, -0.25) is 4.79 Å². The zero-order valence-electron chi connectivity index (χ0n) is 15.4. The molecule has 26 heavy (non-hydrogen) atoms. The fourth-order valence-electron chi connectivity index (χ4n) is 3.13. The highest BCUT2D eigenvalue weighted by Crippen LogP contribution is 2.18. The quantitative estimate of drug-likeness (QED) is 0.797. The van der Waals surface area contributed by atoms with E-state index in [0.717, 1.165) is 37.1 Å². The van der Waals surface area contributed by atoms with E-state index < -0.39 is 0 Å². The van der Waals surface area contributed by atoms with Crippen LogP contribution in [0.25, 0.3) is 0 Å². The minimum absolute atomic E-state index is 0.0111. The van der Waals surface area contributed by atoms with Crippen molar-refractivity contribution < 1.29 is 14.3 Å². The van der Waals surface area contributed by atoms with Crippen LogP contribution in [0.2, 0.25) is 0 Å². The molecule has 0 radical (unpaired) electrons. The first kappa shape index (κ1) is 18.2. The average Bonchev–Trinajstić information content (AvgIpc) is 2.67. The number of piperidine rings is 1. The Morgan fingerprint density at radius 2 is 2.08 bits per heavy atom. The molecule has 0 saturated carbocycles. The summed E-state index contributed by atoms with van der Waals surface area (Å²) in [4.78, 5) is 22.8. The molecule has 1 aliphatic heterocycles. The van der Waals surface area contributed by atoms with E-state index in [4.69, 9.17) is 9.47 Å². The van der Waals surface area contributed by atoms with E-state index in [1.54, 1.807) is 19.4 Å². The van der Waals surface area contributed by atoms with Gasteiger partial charge in [-0.25, -0.2) is 4.98 Å². The minimum Gasteiger partial charge on any atom is -0.497 e. The second kappa shape index (κ2) is 8.65. The lowest BCUT2D eigenvalue weighted by atomic mass is 10.1. The topological polar surface area (TPSA) is 64.5 Å². The molecule has 1 fully saturated rings. The number of hydrogen-bond donors (Lipinski definition) is 0. The molecule has 0 spiro atoms. The first-order chi connectivity index (χ1) is 12.6. The molecule has 1 unspecified atom stereocenters. The first-order valence-electron chi connectivity index (χ1n) is 9.01. The molecule has 0 aliphatic carbocycles. The molecule has 3 rings (SSSR count). The Morgan fingerprint density at radius 1 is 1.27 bits per heavy atom. The Balaban J connectivity index is 1.50. The van der Waals surface area contributed by atoms with Crippen LogP contribution in [0.3, 0.4) is 0 Å². The second-order valence-electron chi connectivity index (χ2n) is 6.51. The zero-order valence-corrected chi connectivity index (χ0v) is 15.4. The predicted molar refractivity (Wildman–Crippen MR) is 98.3 cm³/mol. The van der Waals surface area contributed by atoms with Crippen molar-refractivity contribution in [2.24, 2.45) is 0 Å². The number of likely N-dealkylation sites (tertiary alicyclic amines) is 1. The van der Waals surface area contributed by atoms with Crippen molar-refractivity contribution >= 4 is 5.91 Å². The zero-order chi connectivity index (χ0) is 18.4. The van der Waals surface area contributed by atoms with E-state index in [1.807, 2.05) is 36.1 Å². The monoisotopic (exact) mass is 355 g/mol. The van der Waals surface area contributed by atoms with Crippen LogP contribution in [0.1, 0.15) is 30.7 Å². The highest BCUT2D eigenvalue weighted by atomic mass is 16.5. The summed E-state index contributed by atoms with van der Waals surface area (Å²) in [6, 6.07) is 9.62. The molecular formula is C20H25N3O3. The lowest BCUT2D eigenvalue weighted by Crippen LogP contribution is -2.44. The van der Waals surface area contributed by atoms with Gasteiger partial charge in [0.25, 0.3) is 0 Å². The normalized spacial score (nSPS) is 17.0. The van der Waals surface area contributed by atoms with Crippen LogP contribution in [-0.2, 0) is 11.2 Å². The van der Waals surface area contributed by atoms with E-state index >= 15 is 0 Å². The molecule has 1 amide bonds. The lowest BCUT2D eigenvalue weighted by Gasteiger charge is -2.32. The maximum Gasteiger partial charge on any atom is 0.223 e. The molecule has 0 N–H and O–H groups in total. The Morgan fingerprint density at radius 3 is 2.81 bits per heavy atom. The number of rotatable bonds is 6. The van der Waals surface area contributed by atoms with Gasteiger partial charge in [-0.1, -0.05) is 12.1 Å². The summed E-state index contributed by atoms with van der Waals surface area (Å²) >= 11 is 0. The van der Waals surface area contributed by atoms with Crippen molar-refractivity contribution in [2.75, 3.05) is 20.2 Å². The molecule has 1 aromatic heterocycles. The van der Waals surface area contributed by atoms with Crippen molar-refractivity contribution in [1.29, 1.82) is 0 Å². The van der Waals surface area contributed by atoms with Crippen LogP contribution in [0, 0.1) is 6.92 Å². The van der Waals surface area contributed by atoms with Gasteiger partial charge in [0.2, 0.25) is 11.8 Å². The number of benzene rings is 1. The number of aryl methyl sites for hydroxylation is 2. The van der Waals surface area contributed by atoms with Crippen molar-refractivity contribution in [3.63, 3.8) is 0 Å². The molecular weight excluding hydrogens is 330 g/mol. The van der Waals surface area contributed by atoms with Gasteiger partial charge in [-0.05, 0) is 43.9 Å². The maximum absolute atomic E-state index is 12.6. The summed E-state index contributed by atoms with van der Waals surface area (Å²) < 4.78 is 11.1. The smallest absolute Gasteiger partial charge is 0.223 e. The van der Waals surface area contributed by atoms with Crippen molar-refractivity contribution in [3.05, 3.63) is 47.9 Å². The highest BCUT2D eigenvalue weighted by Gasteiger charge is 2.25. The van der Waals surface area contributed by atoms with Gasteiger partial charge >= 0.3 is 0 Å². The van der Waals surface area contributed by atoms with Crippen molar-refractivity contribution in [2.45, 2.75) is 38.7 Å². The number of nitrogens with zero attached hydrogens (tertiary/aromatic N) is 3. The standard InChI is InChI=1S/C20H25N3O3/c1-15-21-12-11-19(22-15)26-18-4-3-13-23(14-18)20(24)10-7-16-5-8-17(25-2)9-6-16/h5-6,8-9,11-12,18H,3-4,7,10,13-14H2,1-2H3. The molecule has 1 aliphatic rings. The van der Waals surface area contributed by atoms with Gasteiger partial charge in [-0.15, -0.1) is 0 Å². The largest absolute Gasteiger partial charge is 0.497 e. The van der Waals surface area contributed by atoms with E-state index in [0.29, 0.717) is 24.7 Å². The molecule has 0 bridgehead atoms. The third kappa shape index (κ3) is 4.94. The second-order valence-corrected chi connectivity index (χ2v) is 6.51. The summed E-state index contributed by atoms with van der Waals surface area (Å²) in [5, 5.41) is 0. The average molecular weight is 355 g/mol. The summed E-state index contributed by atoms with van der Waals surface area (Å²) in [5.41, 5.74) is 1.14. The summed E-state index contributed by atoms with van der Waals surface area (Å²) in [6.07, 6.45) is 4.80. The van der Waals surface area contributed by atoms with Crippen LogP contribution in [-0.4, -0.2) is 47.1 Å². The van der Waals surface area contributed by atoms with Gasteiger partial charge < -0.3 is 14.4 Å². The highest BCUT2D eigenvalue weighted by molar-refractivity contribution is 5.76. The van der Waals surface area contributed by atoms with Gasteiger partial charge in [0, 0.05) is 25.2 Å². The van der Waals surface area contributed by atoms with E-state index in [2.05, 4.69) is 9.97 Å². The van der Waals surface area contributed by atoms with Crippen LogP contribution in [0.4, 0.5) is 0 Å². The minimum atomic E-state index is -0.0111. The van der Waals surface area contributed by atoms with Crippen molar-refractivity contribution in [3.8, 4) is 11.6 Å². The van der Waals surface area contributed by atoms with E-state index in [1.165, 1.54) is 0 Å². The van der Waals surface area contributed by atoms with E-state index in [9.17, 15) is 4.79 Å². The molecule has 6 nitrogen and oxygen atoms in total. The fourth-order valence-corrected chi connectivity index (χ4v) is 3.13. The van der Waals surface area contributed by atoms with Gasteiger partial charge in [-0.2, -0.15) is 4.98 Å². The predicted octanol–water partition coefficient (Wildman–Crippen LogP) is 2.80. The van der Waals surface area contributed by atoms with E-state index in [-0.39, 0.29) is 12.0 Å². The number of carbonyl (C=O) groups is 1. The summed E-state index contributed by atoms with van der Waals surface area (Å²) in [6.45, 7) is 3.25. The first-order valence-corrected chi connectivity index (χ1v) is 9.01. The number of hydrogen-bond acceptors (Lipinski definition) is 5. The van der Waals surface area contributed by atoms with Crippen molar-refractivity contribution in [1.82, 2.24) is 14.9 Å². The molecule has 1 atom stereocenters. The SMILES string of the molecule is COc1ccc(CCC(=O)N2CCCC(Oc3ccnc(C)n3)C2)cc1. The van der Waals surface area contributed by atoms with Crippen LogP contribution in [0.5, 0.6) is 11.6 Å². The molecule has 2 heterocycles. The molecule has 6 heteroatoms. The Bertz CT molecular complexity index is 733. The number of amides is 1. The van der Waals surface area contributed by atoms with Crippen LogP contribution >= 0.6 is 0 Å². The Labute approximate surface area is 154 Å². The number of ether oxygens (including phenoxy) is 2. The maximum atomic E-state index is 12.6. The molecule has 1 saturated heterocycles. The lowest BCUT2D eigenvalue weighted by molar-refractivity contribution is -0.133. The summed E-state index contributed by atoms with van der Waals surface area (Å²) in [5.74, 6) is 2.27. The Kier molecular flexibility index (Phi) is 6.04. The summed E-state index contributed by atoms with van der Waals surface area (Å²) in [7, 11) is 1.65. The third-order valence-electron chi connectivity index (χ3n) is 4.56. The number of methoxy groups -OCH3 is 1.